The summed E-state index contributed by atoms with van der Waals surface area (Å²) in [6, 6.07) is 7.16. The van der Waals surface area contributed by atoms with E-state index in [0.29, 0.717) is 18.7 Å². The van der Waals surface area contributed by atoms with Gasteiger partial charge in [-0.2, -0.15) is 0 Å². The van der Waals surface area contributed by atoms with Crippen LogP contribution in [0.3, 0.4) is 0 Å². The van der Waals surface area contributed by atoms with Crippen molar-refractivity contribution in [3.8, 4) is 0 Å². The summed E-state index contributed by atoms with van der Waals surface area (Å²) in [5.74, 6) is 1.85. The molecule has 1 fully saturated rings. The molecule has 1 saturated heterocycles. The fourth-order valence-corrected chi connectivity index (χ4v) is 4.75. The van der Waals surface area contributed by atoms with Crippen LogP contribution in [0.5, 0.6) is 0 Å². The molecule has 32 heavy (non-hydrogen) atoms. The Morgan fingerprint density at radius 1 is 1.19 bits per heavy atom. The Bertz CT molecular complexity index is 1110. The molecular weight excluding hydrogens is 402 g/mol. The van der Waals surface area contributed by atoms with Crippen LogP contribution in [-0.4, -0.2) is 58.3 Å². The first kappa shape index (κ1) is 20.9. The van der Waals surface area contributed by atoms with Gasteiger partial charge >= 0.3 is 0 Å². The molecule has 0 aromatic carbocycles. The van der Waals surface area contributed by atoms with Crippen LogP contribution in [0, 0.1) is 0 Å². The van der Waals surface area contributed by atoms with E-state index in [1.807, 2.05) is 6.20 Å². The molecule has 2 aliphatic heterocycles. The van der Waals surface area contributed by atoms with Gasteiger partial charge in [0.25, 0.3) is 0 Å². The predicted molar refractivity (Wildman–Crippen MR) is 128 cm³/mol. The molecular formula is C24H31N7O. The number of hydrogen-bond acceptors (Lipinski definition) is 7. The zero-order chi connectivity index (χ0) is 22.1. The normalized spacial score (nSPS) is 22.6. The fourth-order valence-electron chi connectivity index (χ4n) is 4.75. The molecule has 3 aromatic heterocycles. The summed E-state index contributed by atoms with van der Waals surface area (Å²) < 4.78 is 5.49. The molecule has 0 bridgehead atoms. The minimum Gasteiger partial charge on any atom is -0.377 e. The second-order valence-corrected chi connectivity index (χ2v) is 8.86. The van der Waals surface area contributed by atoms with Crippen LogP contribution < -0.4 is 15.5 Å². The SMILES string of the molecule is C[C@@H]1CN(c2cccc([C@H](C)Nc3ncnc4[nH]cc(C5=CCOCC5)c34)n2)C[C@H](C)N1. The zero-order valence-corrected chi connectivity index (χ0v) is 18.9. The van der Waals surface area contributed by atoms with E-state index < -0.39 is 0 Å². The van der Waals surface area contributed by atoms with Crippen LogP contribution in [0.2, 0.25) is 0 Å². The number of nitrogens with zero attached hydrogens (tertiary/aromatic N) is 4. The molecule has 168 valence electrons. The molecule has 5 heterocycles. The van der Waals surface area contributed by atoms with Gasteiger partial charge in [0, 0.05) is 36.9 Å². The average Bonchev–Trinajstić information content (AvgIpc) is 3.24. The van der Waals surface area contributed by atoms with Crippen molar-refractivity contribution < 1.29 is 4.74 Å². The first-order valence-electron chi connectivity index (χ1n) is 11.4. The van der Waals surface area contributed by atoms with E-state index in [-0.39, 0.29) is 6.04 Å². The van der Waals surface area contributed by atoms with Gasteiger partial charge in [-0.3, -0.25) is 0 Å². The number of rotatable bonds is 5. The van der Waals surface area contributed by atoms with Crippen LogP contribution >= 0.6 is 0 Å². The van der Waals surface area contributed by atoms with Crippen molar-refractivity contribution in [2.24, 2.45) is 0 Å². The third-order valence-electron chi connectivity index (χ3n) is 6.21. The van der Waals surface area contributed by atoms with Crippen LogP contribution in [0.15, 0.2) is 36.8 Å². The van der Waals surface area contributed by atoms with Gasteiger partial charge in [0.15, 0.2) is 0 Å². The number of nitrogens with one attached hydrogen (secondary N) is 3. The van der Waals surface area contributed by atoms with Gasteiger partial charge in [-0.1, -0.05) is 12.1 Å². The standard InChI is InChI=1S/C24H31N7O/c1-15-12-31(13-16(2)28-15)21-6-4-5-20(30-21)17(3)29-24-22-19(18-7-9-32-10-8-18)11-25-23(22)26-14-27-24/h4-7,11,14-17,28H,8-10,12-13H2,1-3H3,(H2,25,26,27,29)/t15-,16+,17-/m0/s1. The minimum atomic E-state index is -0.00256. The highest BCUT2D eigenvalue weighted by molar-refractivity contribution is 5.98. The molecule has 0 unspecified atom stereocenters. The van der Waals surface area contributed by atoms with Crippen LogP contribution in [-0.2, 0) is 4.74 Å². The summed E-state index contributed by atoms with van der Waals surface area (Å²) in [5, 5.41) is 8.20. The van der Waals surface area contributed by atoms with Crippen molar-refractivity contribution in [3.63, 3.8) is 0 Å². The second kappa shape index (κ2) is 8.88. The number of fused-ring (bicyclic) bond motifs is 1. The molecule has 3 aromatic rings. The van der Waals surface area contributed by atoms with Crippen LogP contribution in [0.1, 0.15) is 44.5 Å². The molecule has 5 rings (SSSR count). The Kier molecular flexibility index (Phi) is 5.80. The molecule has 0 spiro atoms. The Morgan fingerprint density at radius 2 is 2.03 bits per heavy atom. The van der Waals surface area contributed by atoms with E-state index in [0.717, 1.165) is 60.0 Å². The van der Waals surface area contributed by atoms with Gasteiger partial charge in [0.05, 0.1) is 30.3 Å². The van der Waals surface area contributed by atoms with Crippen molar-refractivity contribution in [1.82, 2.24) is 25.3 Å². The predicted octanol–water partition coefficient (Wildman–Crippen LogP) is 3.52. The third-order valence-corrected chi connectivity index (χ3v) is 6.21. The van der Waals surface area contributed by atoms with E-state index in [1.54, 1.807) is 6.33 Å². The van der Waals surface area contributed by atoms with Crippen molar-refractivity contribution in [1.29, 1.82) is 0 Å². The van der Waals surface area contributed by atoms with E-state index in [4.69, 9.17) is 9.72 Å². The lowest BCUT2D eigenvalue weighted by Crippen LogP contribution is -2.54. The largest absolute Gasteiger partial charge is 0.377 e. The number of piperazine rings is 1. The maximum Gasteiger partial charge on any atom is 0.143 e. The lowest BCUT2D eigenvalue weighted by atomic mass is 10.0. The van der Waals surface area contributed by atoms with E-state index in [9.17, 15) is 0 Å². The number of ether oxygens (including phenoxy) is 1. The van der Waals surface area contributed by atoms with Crippen molar-refractivity contribution in [3.05, 3.63) is 48.1 Å². The van der Waals surface area contributed by atoms with Crippen LogP contribution in [0.4, 0.5) is 11.6 Å². The number of aromatic nitrogens is 4. The highest BCUT2D eigenvalue weighted by Gasteiger charge is 2.23. The Morgan fingerprint density at radius 3 is 2.81 bits per heavy atom. The quantitative estimate of drug-likeness (QED) is 0.567. The van der Waals surface area contributed by atoms with Gasteiger partial charge < -0.3 is 25.3 Å². The summed E-state index contributed by atoms with van der Waals surface area (Å²) in [6.45, 7) is 9.88. The van der Waals surface area contributed by atoms with Gasteiger partial charge in [0.2, 0.25) is 0 Å². The van der Waals surface area contributed by atoms with Crippen molar-refractivity contribution in [2.45, 2.75) is 45.3 Å². The zero-order valence-electron chi connectivity index (χ0n) is 18.9. The van der Waals surface area contributed by atoms with Gasteiger partial charge in [-0.05, 0) is 44.9 Å². The van der Waals surface area contributed by atoms with Crippen molar-refractivity contribution >= 4 is 28.2 Å². The van der Waals surface area contributed by atoms with Gasteiger partial charge in [-0.15, -0.1) is 0 Å². The number of hydrogen-bond donors (Lipinski definition) is 3. The third kappa shape index (κ3) is 4.20. The molecule has 0 radical (unpaired) electrons. The Hall–Kier alpha value is -2.97. The molecule has 0 saturated carbocycles. The molecule has 8 heteroatoms. The monoisotopic (exact) mass is 433 g/mol. The summed E-state index contributed by atoms with van der Waals surface area (Å²) in [6.07, 6.45) is 6.66. The average molecular weight is 434 g/mol. The maximum absolute atomic E-state index is 5.49. The van der Waals surface area contributed by atoms with Gasteiger partial charge in [0.1, 0.15) is 23.6 Å². The van der Waals surface area contributed by atoms with Crippen molar-refractivity contribution in [2.75, 3.05) is 36.5 Å². The second-order valence-electron chi connectivity index (χ2n) is 8.86. The molecule has 3 atom stereocenters. The smallest absolute Gasteiger partial charge is 0.143 e. The fraction of sp³-hybridized carbons (Fsp3) is 0.458. The number of anilines is 2. The van der Waals surface area contributed by atoms with E-state index in [1.165, 1.54) is 5.57 Å². The molecule has 8 nitrogen and oxygen atoms in total. The lowest BCUT2D eigenvalue weighted by Gasteiger charge is -2.37. The lowest BCUT2D eigenvalue weighted by molar-refractivity contribution is 0.161. The molecule has 0 aliphatic carbocycles. The topological polar surface area (TPSA) is 91.0 Å². The highest BCUT2D eigenvalue weighted by atomic mass is 16.5. The Balaban J connectivity index is 1.41. The molecule has 0 amide bonds. The first-order chi connectivity index (χ1) is 15.6. The summed E-state index contributed by atoms with van der Waals surface area (Å²) in [7, 11) is 0. The van der Waals surface area contributed by atoms with Crippen LogP contribution in [0.25, 0.3) is 16.6 Å². The number of pyridine rings is 1. The number of aromatic amines is 1. The maximum atomic E-state index is 5.49. The molecule has 2 aliphatic rings. The minimum absolute atomic E-state index is 0.00256. The summed E-state index contributed by atoms with van der Waals surface area (Å²) >= 11 is 0. The highest BCUT2D eigenvalue weighted by Crippen LogP contribution is 2.33. The first-order valence-corrected chi connectivity index (χ1v) is 11.4. The summed E-state index contributed by atoms with van der Waals surface area (Å²) in [5.41, 5.74) is 4.25. The van der Waals surface area contributed by atoms with Gasteiger partial charge in [-0.25, -0.2) is 15.0 Å². The number of H-pyrrole nitrogens is 1. The summed E-state index contributed by atoms with van der Waals surface area (Å²) in [4.78, 5) is 19.7. The van der Waals surface area contributed by atoms with E-state index >= 15 is 0 Å². The Labute approximate surface area is 188 Å². The van der Waals surface area contributed by atoms with E-state index in [2.05, 4.69) is 75.5 Å². The molecule has 3 N–H and O–H groups in total.